The predicted octanol–water partition coefficient (Wildman–Crippen LogP) is 3.78. The van der Waals surface area contributed by atoms with E-state index in [1.54, 1.807) is 0 Å². The van der Waals surface area contributed by atoms with Crippen molar-refractivity contribution < 1.29 is 9.53 Å². The third-order valence-corrected chi connectivity index (χ3v) is 3.43. The second kappa shape index (κ2) is 8.42. The van der Waals surface area contributed by atoms with Crippen LogP contribution in [0.25, 0.3) is 10.8 Å². The van der Waals surface area contributed by atoms with Crippen LogP contribution in [0.15, 0.2) is 42.5 Å². The summed E-state index contributed by atoms with van der Waals surface area (Å²) in [5, 5.41) is 5.05. The molecular weight excluding hydrogens is 262 g/mol. The van der Waals surface area contributed by atoms with Gasteiger partial charge in [-0.2, -0.15) is 0 Å². The minimum atomic E-state index is -0.0136. The number of amides is 1. The average molecular weight is 285 g/mol. The van der Waals surface area contributed by atoms with Crippen molar-refractivity contribution in [2.45, 2.75) is 26.2 Å². The topological polar surface area (TPSA) is 38.3 Å². The summed E-state index contributed by atoms with van der Waals surface area (Å²) in [7, 11) is 0. The van der Waals surface area contributed by atoms with Gasteiger partial charge in [-0.15, -0.1) is 0 Å². The first-order chi connectivity index (χ1) is 10.3. The summed E-state index contributed by atoms with van der Waals surface area (Å²) >= 11 is 0. The normalized spacial score (nSPS) is 10.7. The highest BCUT2D eigenvalue weighted by atomic mass is 16.5. The van der Waals surface area contributed by atoms with Crippen LogP contribution in [0.2, 0.25) is 0 Å². The fourth-order valence-electron chi connectivity index (χ4n) is 2.24. The molecule has 3 heteroatoms. The SMILES string of the molecule is CCCCOCCCNC(=O)c1cccc2ccccc12. The Balaban J connectivity index is 1.83. The van der Waals surface area contributed by atoms with Crippen LogP contribution in [-0.4, -0.2) is 25.7 Å². The van der Waals surface area contributed by atoms with Gasteiger partial charge in [0.25, 0.3) is 5.91 Å². The second-order valence-corrected chi connectivity index (χ2v) is 5.10. The Morgan fingerprint density at radius 3 is 2.67 bits per heavy atom. The number of hydrogen-bond acceptors (Lipinski definition) is 2. The van der Waals surface area contributed by atoms with Crippen LogP contribution >= 0.6 is 0 Å². The van der Waals surface area contributed by atoms with Gasteiger partial charge in [-0.1, -0.05) is 49.7 Å². The zero-order valence-corrected chi connectivity index (χ0v) is 12.6. The van der Waals surface area contributed by atoms with Crippen molar-refractivity contribution in [3.05, 3.63) is 48.0 Å². The second-order valence-electron chi connectivity index (χ2n) is 5.10. The number of fused-ring (bicyclic) bond motifs is 1. The van der Waals surface area contributed by atoms with E-state index in [-0.39, 0.29) is 5.91 Å². The van der Waals surface area contributed by atoms with Crippen molar-refractivity contribution in [1.29, 1.82) is 0 Å². The molecule has 0 aliphatic rings. The van der Waals surface area contributed by atoms with E-state index < -0.39 is 0 Å². The molecule has 0 bridgehead atoms. The molecule has 2 aromatic carbocycles. The van der Waals surface area contributed by atoms with Gasteiger partial charge in [0.2, 0.25) is 0 Å². The van der Waals surface area contributed by atoms with Crippen LogP contribution in [-0.2, 0) is 4.74 Å². The lowest BCUT2D eigenvalue weighted by atomic mass is 10.0. The highest BCUT2D eigenvalue weighted by molar-refractivity contribution is 6.06. The molecule has 0 fully saturated rings. The van der Waals surface area contributed by atoms with Crippen molar-refractivity contribution in [3.63, 3.8) is 0 Å². The largest absolute Gasteiger partial charge is 0.381 e. The van der Waals surface area contributed by atoms with Crippen molar-refractivity contribution in [2.24, 2.45) is 0 Å². The van der Waals surface area contributed by atoms with E-state index in [2.05, 4.69) is 12.2 Å². The first-order valence-electron chi connectivity index (χ1n) is 7.66. The maximum absolute atomic E-state index is 12.2. The standard InChI is InChI=1S/C18H23NO2/c1-2-3-13-21-14-7-12-19-18(20)17-11-6-9-15-8-4-5-10-16(15)17/h4-6,8-11H,2-3,7,12-14H2,1H3,(H,19,20). The van der Waals surface area contributed by atoms with Gasteiger partial charge in [0.05, 0.1) is 0 Å². The van der Waals surface area contributed by atoms with Crippen LogP contribution < -0.4 is 5.32 Å². The molecule has 2 rings (SSSR count). The van der Waals surface area contributed by atoms with E-state index >= 15 is 0 Å². The summed E-state index contributed by atoms with van der Waals surface area (Å²) in [6, 6.07) is 13.8. The van der Waals surface area contributed by atoms with E-state index in [9.17, 15) is 4.79 Å². The summed E-state index contributed by atoms with van der Waals surface area (Å²) in [5.41, 5.74) is 0.736. The van der Waals surface area contributed by atoms with Gasteiger partial charge >= 0.3 is 0 Å². The van der Waals surface area contributed by atoms with E-state index in [1.807, 2.05) is 42.5 Å². The molecule has 0 radical (unpaired) electrons. The smallest absolute Gasteiger partial charge is 0.251 e. The lowest BCUT2D eigenvalue weighted by molar-refractivity contribution is 0.0942. The number of rotatable bonds is 8. The summed E-state index contributed by atoms with van der Waals surface area (Å²) in [4.78, 5) is 12.2. The lowest BCUT2D eigenvalue weighted by Crippen LogP contribution is -2.25. The molecule has 0 aliphatic carbocycles. The molecule has 112 valence electrons. The van der Waals surface area contributed by atoms with E-state index in [1.165, 1.54) is 0 Å². The highest BCUT2D eigenvalue weighted by Crippen LogP contribution is 2.18. The molecule has 1 amide bonds. The summed E-state index contributed by atoms with van der Waals surface area (Å²) in [5.74, 6) is -0.0136. The van der Waals surface area contributed by atoms with Crippen molar-refractivity contribution in [2.75, 3.05) is 19.8 Å². The maximum atomic E-state index is 12.2. The van der Waals surface area contributed by atoms with Gasteiger partial charge in [0, 0.05) is 25.3 Å². The Kier molecular flexibility index (Phi) is 6.22. The average Bonchev–Trinajstić information content (AvgIpc) is 2.53. The Morgan fingerprint density at radius 1 is 1.05 bits per heavy atom. The van der Waals surface area contributed by atoms with Gasteiger partial charge in [-0.25, -0.2) is 0 Å². The molecule has 21 heavy (non-hydrogen) atoms. The lowest BCUT2D eigenvalue weighted by Gasteiger charge is -2.08. The zero-order valence-electron chi connectivity index (χ0n) is 12.6. The zero-order chi connectivity index (χ0) is 14.9. The molecule has 2 aromatic rings. The number of benzene rings is 2. The number of ether oxygens (including phenoxy) is 1. The third-order valence-electron chi connectivity index (χ3n) is 3.43. The monoisotopic (exact) mass is 285 g/mol. The van der Waals surface area contributed by atoms with Crippen molar-refractivity contribution >= 4 is 16.7 Å². The van der Waals surface area contributed by atoms with Gasteiger partial charge in [-0.05, 0) is 29.7 Å². The van der Waals surface area contributed by atoms with E-state index in [0.717, 1.165) is 42.2 Å². The summed E-state index contributed by atoms with van der Waals surface area (Å²) in [6.07, 6.45) is 3.10. The Morgan fingerprint density at radius 2 is 1.81 bits per heavy atom. The molecule has 0 heterocycles. The minimum Gasteiger partial charge on any atom is -0.381 e. The van der Waals surface area contributed by atoms with Gasteiger partial charge in [0.15, 0.2) is 0 Å². The molecule has 1 N–H and O–H groups in total. The van der Waals surface area contributed by atoms with Crippen LogP contribution in [0, 0.1) is 0 Å². The number of nitrogens with one attached hydrogen (secondary N) is 1. The summed E-state index contributed by atoms with van der Waals surface area (Å²) < 4.78 is 5.48. The van der Waals surface area contributed by atoms with Gasteiger partial charge in [-0.3, -0.25) is 4.79 Å². The highest BCUT2D eigenvalue weighted by Gasteiger charge is 2.08. The molecule has 0 aromatic heterocycles. The predicted molar refractivity (Wildman–Crippen MR) is 86.6 cm³/mol. The Bertz CT molecular complexity index is 575. The molecule has 0 unspecified atom stereocenters. The number of carbonyl (C=O) groups excluding carboxylic acids is 1. The molecular formula is C18H23NO2. The van der Waals surface area contributed by atoms with Crippen molar-refractivity contribution in [3.8, 4) is 0 Å². The fourth-order valence-corrected chi connectivity index (χ4v) is 2.24. The van der Waals surface area contributed by atoms with Gasteiger partial charge < -0.3 is 10.1 Å². The molecule has 0 aliphatic heterocycles. The molecule has 3 nitrogen and oxygen atoms in total. The third kappa shape index (κ3) is 4.57. The molecule has 0 saturated heterocycles. The van der Waals surface area contributed by atoms with Crippen LogP contribution in [0.4, 0.5) is 0 Å². The van der Waals surface area contributed by atoms with Crippen LogP contribution in [0.1, 0.15) is 36.5 Å². The first kappa shape index (κ1) is 15.5. The van der Waals surface area contributed by atoms with Crippen LogP contribution in [0.5, 0.6) is 0 Å². The maximum Gasteiger partial charge on any atom is 0.251 e. The minimum absolute atomic E-state index is 0.0136. The van der Waals surface area contributed by atoms with E-state index in [0.29, 0.717) is 13.2 Å². The van der Waals surface area contributed by atoms with Gasteiger partial charge in [0.1, 0.15) is 0 Å². The first-order valence-corrected chi connectivity index (χ1v) is 7.66. The van der Waals surface area contributed by atoms with E-state index in [4.69, 9.17) is 4.74 Å². The molecule has 0 atom stereocenters. The molecule has 0 spiro atoms. The quantitative estimate of drug-likeness (QED) is 0.750. The fraction of sp³-hybridized carbons (Fsp3) is 0.389. The summed E-state index contributed by atoms with van der Waals surface area (Å²) in [6.45, 7) is 4.31. The number of hydrogen-bond donors (Lipinski definition) is 1. The molecule has 0 saturated carbocycles. The van der Waals surface area contributed by atoms with Crippen molar-refractivity contribution in [1.82, 2.24) is 5.32 Å². The number of carbonyl (C=O) groups is 1. The Hall–Kier alpha value is -1.87. The Labute approximate surface area is 126 Å². The number of unbranched alkanes of at least 4 members (excludes halogenated alkanes) is 1. The van der Waals surface area contributed by atoms with Crippen LogP contribution in [0.3, 0.4) is 0 Å².